The summed E-state index contributed by atoms with van der Waals surface area (Å²) in [6.07, 6.45) is 5.27. The van der Waals surface area contributed by atoms with Gasteiger partial charge in [0.1, 0.15) is 5.69 Å². The van der Waals surface area contributed by atoms with Crippen LogP contribution in [0.3, 0.4) is 0 Å². The first kappa shape index (κ1) is 15.9. The summed E-state index contributed by atoms with van der Waals surface area (Å²) >= 11 is 1.32. The molecule has 1 saturated heterocycles. The molecule has 7 nitrogen and oxygen atoms in total. The van der Waals surface area contributed by atoms with Gasteiger partial charge in [0.05, 0.1) is 11.5 Å². The Labute approximate surface area is 137 Å². The van der Waals surface area contributed by atoms with Crippen molar-refractivity contribution in [3.05, 3.63) is 42.5 Å². The van der Waals surface area contributed by atoms with E-state index in [1.807, 2.05) is 0 Å². The molecule has 0 unspecified atom stereocenters. The van der Waals surface area contributed by atoms with Crippen LogP contribution < -0.4 is 5.32 Å². The largest absolute Gasteiger partial charge is 0.347 e. The van der Waals surface area contributed by atoms with E-state index in [4.69, 9.17) is 0 Å². The van der Waals surface area contributed by atoms with Crippen LogP contribution in [0.15, 0.2) is 46.8 Å². The van der Waals surface area contributed by atoms with Crippen LogP contribution in [0.5, 0.6) is 0 Å². The van der Waals surface area contributed by atoms with Crippen molar-refractivity contribution in [2.75, 3.05) is 11.5 Å². The number of carbonyl (C=O) groups is 1. The molecular formula is C14H14N4O3S2. The van der Waals surface area contributed by atoms with Gasteiger partial charge in [0.15, 0.2) is 15.0 Å². The lowest BCUT2D eigenvalue weighted by atomic mass is 10.2. The molecule has 1 aliphatic heterocycles. The first-order valence-electron chi connectivity index (χ1n) is 6.94. The number of carbonyl (C=O) groups excluding carboxylic acids is 1. The van der Waals surface area contributed by atoms with E-state index in [0.717, 1.165) is 4.90 Å². The van der Waals surface area contributed by atoms with E-state index in [2.05, 4.69) is 20.3 Å². The van der Waals surface area contributed by atoms with Crippen LogP contribution in [-0.2, 0) is 9.84 Å². The molecule has 0 saturated carbocycles. The Morgan fingerprint density at radius 2 is 2.00 bits per heavy atom. The summed E-state index contributed by atoms with van der Waals surface area (Å²) < 4.78 is 22.9. The topological polar surface area (TPSA) is 102 Å². The summed E-state index contributed by atoms with van der Waals surface area (Å²) in [6.45, 7) is 0. The van der Waals surface area contributed by atoms with Gasteiger partial charge in [0.25, 0.3) is 5.91 Å². The lowest BCUT2D eigenvalue weighted by Gasteiger charge is -2.10. The molecule has 1 atom stereocenters. The molecule has 2 aromatic heterocycles. The van der Waals surface area contributed by atoms with E-state index in [0.29, 0.717) is 11.6 Å². The molecule has 23 heavy (non-hydrogen) atoms. The van der Waals surface area contributed by atoms with Crippen LogP contribution >= 0.6 is 11.8 Å². The zero-order valence-corrected chi connectivity index (χ0v) is 13.7. The summed E-state index contributed by atoms with van der Waals surface area (Å²) in [4.78, 5) is 25.3. The molecule has 0 aliphatic carbocycles. The molecule has 9 heteroatoms. The lowest BCUT2D eigenvalue weighted by Crippen LogP contribution is -2.36. The molecule has 120 valence electrons. The number of nitrogens with one attached hydrogen (secondary N) is 1. The van der Waals surface area contributed by atoms with E-state index in [9.17, 15) is 13.2 Å². The normalized spacial score (nSPS) is 19.4. The first-order chi connectivity index (χ1) is 11.0. The minimum atomic E-state index is -3.03. The van der Waals surface area contributed by atoms with Gasteiger partial charge in [-0.05, 0) is 36.4 Å². The van der Waals surface area contributed by atoms with Crippen molar-refractivity contribution >= 4 is 27.5 Å². The lowest BCUT2D eigenvalue weighted by molar-refractivity contribution is 0.0936. The average molecular weight is 350 g/mol. The second-order valence-corrected chi connectivity index (χ2v) is 8.35. The third-order valence-electron chi connectivity index (χ3n) is 3.28. The highest BCUT2D eigenvalue weighted by atomic mass is 32.2. The summed E-state index contributed by atoms with van der Waals surface area (Å²) in [5, 5.41) is 3.30. The summed E-state index contributed by atoms with van der Waals surface area (Å²) in [5.41, 5.74) is 0.246. The van der Waals surface area contributed by atoms with Crippen molar-refractivity contribution in [3.63, 3.8) is 0 Å². The number of amides is 1. The molecule has 1 amide bonds. The van der Waals surface area contributed by atoms with Gasteiger partial charge in [-0.2, -0.15) is 0 Å². The van der Waals surface area contributed by atoms with Crippen molar-refractivity contribution in [1.29, 1.82) is 0 Å². The maximum atomic E-state index is 12.2. The van der Waals surface area contributed by atoms with Crippen LogP contribution in [0.2, 0.25) is 0 Å². The number of sulfone groups is 1. The quantitative estimate of drug-likeness (QED) is 0.819. The fourth-order valence-electron chi connectivity index (χ4n) is 2.21. The molecule has 0 spiro atoms. The van der Waals surface area contributed by atoms with Gasteiger partial charge in [-0.3, -0.25) is 9.78 Å². The van der Waals surface area contributed by atoms with E-state index >= 15 is 0 Å². The number of nitrogens with zero attached hydrogens (tertiary/aromatic N) is 3. The Kier molecular flexibility index (Phi) is 4.58. The predicted molar refractivity (Wildman–Crippen MR) is 84.9 cm³/mol. The predicted octanol–water partition coefficient (Wildman–Crippen LogP) is 0.940. The van der Waals surface area contributed by atoms with Gasteiger partial charge in [0, 0.05) is 29.5 Å². The van der Waals surface area contributed by atoms with Gasteiger partial charge in [-0.25, -0.2) is 18.4 Å². The van der Waals surface area contributed by atoms with Crippen LogP contribution in [-0.4, -0.2) is 46.8 Å². The van der Waals surface area contributed by atoms with E-state index in [1.54, 1.807) is 30.6 Å². The number of aromatic nitrogens is 3. The van der Waals surface area contributed by atoms with Gasteiger partial charge in [-0.1, -0.05) is 0 Å². The van der Waals surface area contributed by atoms with Gasteiger partial charge >= 0.3 is 0 Å². The smallest absolute Gasteiger partial charge is 0.270 e. The van der Waals surface area contributed by atoms with Crippen molar-refractivity contribution < 1.29 is 13.2 Å². The maximum Gasteiger partial charge on any atom is 0.270 e. The first-order valence-corrected chi connectivity index (χ1v) is 9.58. The molecule has 0 aromatic carbocycles. The van der Waals surface area contributed by atoms with Crippen molar-refractivity contribution in [2.24, 2.45) is 0 Å². The third kappa shape index (κ3) is 4.26. The Morgan fingerprint density at radius 3 is 2.70 bits per heavy atom. The summed E-state index contributed by atoms with van der Waals surface area (Å²) in [7, 11) is -3.03. The monoisotopic (exact) mass is 350 g/mol. The molecule has 2 aromatic rings. The minimum absolute atomic E-state index is 0.00889. The molecule has 1 aliphatic rings. The van der Waals surface area contributed by atoms with Crippen molar-refractivity contribution in [2.45, 2.75) is 22.5 Å². The minimum Gasteiger partial charge on any atom is -0.347 e. The molecule has 1 fully saturated rings. The van der Waals surface area contributed by atoms with Crippen LogP contribution in [0.4, 0.5) is 0 Å². The second kappa shape index (κ2) is 6.63. The summed E-state index contributed by atoms with van der Waals surface area (Å²) in [6, 6.07) is 4.78. The van der Waals surface area contributed by atoms with Crippen molar-refractivity contribution in [1.82, 2.24) is 20.3 Å². The number of hydrogen-bond acceptors (Lipinski definition) is 7. The Balaban J connectivity index is 1.68. The molecule has 0 bridgehead atoms. The fourth-order valence-corrected chi connectivity index (χ4v) is 4.62. The molecule has 1 N–H and O–H groups in total. The van der Waals surface area contributed by atoms with Crippen LogP contribution in [0, 0.1) is 0 Å². The standard InChI is InChI=1S/C14H14N4O3S2/c19-13(18-10-3-7-23(20,21)9-10)12-8-11(2-6-15-12)22-14-16-4-1-5-17-14/h1-2,4-6,8,10H,3,7,9H2,(H,18,19)/t10-/m1/s1. The second-order valence-electron chi connectivity index (χ2n) is 5.08. The number of pyridine rings is 1. The zero-order valence-electron chi connectivity index (χ0n) is 12.0. The van der Waals surface area contributed by atoms with Gasteiger partial charge < -0.3 is 5.32 Å². The molecule has 3 rings (SSSR count). The maximum absolute atomic E-state index is 12.2. The zero-order chi connectivity index (χ0) is 16.3. The van der Waals surface area contributed by atoms with Crippen molar-refractivity contribution in [3.8, 4) is 0 Å². The number of rotatable bonds is 4. The Bertz CT molecular complexity index is 812. The highest BCUT2D eigenvalue weighted by Gasteiger charge is 2.29. The average Bonchev–Trinajstić information content (AvgIpc) is 2.87. The fraction of sp³-hybridized carbons (Fsp3) is 0.286. The van der Waals surface area contributed by atoms with Crippen LogP contribution in [0.25, 0.3) is 0 Å². The van der Waals surface area contributed by atoms with Gasteiger partial charge in [-0.15, -0.1) is 0 Å². The van der Waals surface area contributed by atoms with Crippen LogP contribution in [0.1, 0.15) is 16.9 Å². The molecular weight excluding hydrogens is 336 g/mol. The van der Waals surface area contributed by atoms with E-state index in [1.165, 1.54) is 18.0 Å². The highest BCUT2D eigenvalue weighted by molar-refractivity contribution is 7.99. The molecule has 0 radical (unpaired) electrons. The SMILES string of the molecule is O=C(N[C@@H]1CCS(=O)(=O)C1)c1cc(Sc2ncccn2)ccn1. The number of hydrogen-bond donors (Lipinski definition) is 1. The highest BCUT2D eigenvalue weighted by Crippen LogP contribution is 2.24. The Hall–Kier alpha value is -2.00. The van der Waals surface area contributed by atoms with E-state index in [-0.39, 0.29) is 29.1 Å². The molecule has 3 heterocycles. The van der Waals surface area contributed by atoms with E-state index < -0.39 is 9.84 Å². The Morgan fingerprint density at radius 1 is 1.22 bits per heavy atom. The summed E-state index contributed by atoms with van der Waals surface area (Å²) in [5.74, 6) is -0.263. The third-order valence-corrected chi connectivity index (χ3v) is 5.93. The van der Waals surface area contributed by atoms with Gasteiger partial charge in [0.2, 0.25) is 0 Å².